The van der Waals surface area contributed by atoms with Crippen LogP contribution < -0.4 is 15.2 Å². The van der Waals surface area contributed by atoms with E-state index in [1.807, 2.05) is 20.8 Å². The van der Waals surface area contributed by atoms with Gasteiger partial charge >= 0.3 is 6.09 Å². The van der Waals surface area contributed by atoms with Gasteiger partial charge in [-0.3, -0.25) is 4.79 Å². The van der Waals surface area contributed by atoms with Crippen LogP contribution in [-0.2, 0) is 4.74 Å². The molecule has 0 radical (unpaired) electrons. The van der Waals surface area contributed by atoms with E-state index in [0.29, 0.717) is 10.2 Å². The Morgan fingerprint density at radius 3 is 2.61 bits per heavy atom. The molecule has 1 aliphatic rings. The minimum atomic E-state index is -0.539. The molecule has 0 aromatic heterocycles. The van der Waals surface area contributed by atoms with Crippen LogP contribution in [0.25, 0.3) is 4.61 Å². The van der Waals surface area contributed by atoms with Gasteiger partial charge in [0.15, 0.2) is 0 Å². The molecule has 0 fully saturated rings. The second-order valence-electron chi connectivity index (χ2n) is 5.00. The average Bonchev–Trinajstić information content (AvgIpc) is 2.25. The SMILES string of the molecule is CC(C)(C)OC(=O)[N+]1=c2ccc(C=O)cc2=C1Br. The molecule has 0 spiro atoms. The van der Waals surface area contributed by atoms with Crippen molar-refractivity contribution in [1.82, 2.24) is 4.58 Å². The zero-order valence-corrected chi connectivity index (χ0v) is 11.9. The lowest BCUT2D eigenvalue weighted by atomic mass is 10.1. The van der Waals surface area contributed by atoms with Crippen LogP contribution in [0.3, 0.4) is 0 Å². The maximum absolute atomic E-state index is 12.0. The Morgan fingerprint density at radius 2 is 2.06 bits per heavy atom. The molecule has 18 heavy (non-hydrogen) atoms. The lowest BCUT2D eigenvalue weighted by molar-refractivity contribution is 0.0517. The van der Waals surface area contributed by atoms with Crippen molar-refractivity contribution in [2.45, 2.75) is 26.4 Å². The number of hydrogen-bond acceptors (Lipinski definition) is 3. The summed E-state index contributed by atoms with van der Waals surface area (Å²) in [5, 5.41) is 1.58. The Labute approximate surface area is 113 Å². The molecule has 0 N–H and O–H groups in total. The first-order chi connectivity index (χ1) is 8.33. The highest BCUT2D eigenvalue weighted by Crippen LogP contribution is 2.13. The van der Waals surface area contributed by atoms with E-state index in [-0.39, 0.29) is 0 Å². The van der Waals surface area contributed by atoms with Gasteiger partial charge in [-0.15, -0.1) is 0 Å². The van der Waals surface area contributed by atoms with Gasteiger partial charge in [-0.1, -0.05) is 4.58 Å². The molecular weight excluding hydrogens is 298 g/mol. The van der Waals surface area contributed by atoms with Gasteiger partial charge < -0.3 is 4.74 Å². The summed E-state index contributed by atoms with van der Waals surface area (Å²) < 4.78 is 7.35. The molecule has 1 aromatic rings. The van der Waals surface area contributed by atoms with E-state index in [2.05, 4.69) is 15.9 Å². The summed E-state index contributed by atoms with van der Waals surface area (Å²) in [6.45, 7) is 5.44. The molecule has 0 unspecified atom stereocenters. The molecule has 94 valence electrons. The van der Waals surface area contributed by atoms with Crippen LogP contribution in [0.4, 0.5) is 4.79 Å². The van der Waals surface area contributed by atoms with E-state index in [9.17, 15) is 9.59 Å². The topological polar surface area (TPSA) is 46.4 Å². The molecule has 1 amide bonds. The lowest BCUT2D eigenvalue weighted by Crippen LogP contribution is -2.53. The molecule has 0 saturated heterocycles. The number of benzene rings is 1. The highest BCUT2D eigenvalue weighted by atomic mass is 79.9. The molecule has 0 bridgehead atoms. The number of carbonyl (C=O) groups is 2. The molecule has 1 aliphatic heterocycles. The number of halogens is 1. The summed E-state index contributed by atoms with van der Waals surface area (Å²) in [6, 6.07) is 5.13. The third-order valence-electron chi connectivity index (χ3n) is 2.39. The van der Waals surface area contributed by atoms with Gasteiger partial charge in [0, 0.05) is 27.6 Å². The van der Waals surface area contributed by atoms with E-state index in [1.165, 1.54) is 4.58 Å². The number of rotatable bonds is 1. The fraction of sp³-hybridized carbons (Fsp3) is 0.308. The van der Waals surface area contributed by atoms with Gasteiger partial charge in [-0.05, 0) is 32.9 Å². The van der Waals surface area contributed by atoms with Crippen LogP contribution in [0.5, 0.6) is 0 Å². The molecule has 1 heterocycles. The normalized spacial score (nSPS) is 13.8. The first-order valence-electron chi connectivity index (χ1n) is 5.48. The van der Waals surface area contributed by atoms with Crippen molar-refractivity contribution in [3.8, 4) is 0 Å². The monoisotopic (exact) mass is 310 g/mol. The standard InChI is InChI=1S/C13H13BrNO3/c1-13(2,3)18-12(17)15-10-5-4-8(7-16)6-9(10)11(15)14/h4-7H,1-3H3/q+1. The highest BCUT2D eigenvalue weighted by molar-refractivity contribution is 9.14. The van der Waals surface area contributed by atoms with Crippen LogP contribution in [-0.4, -0.2) is 18.0 Å². The van der Waals surface area contributed by atoms with Crippen LogP contribution in [0.1, 0.15) is 31.1 Å². The smallest absolute Gasteiger partial charge is 0.406 e. The molecule has 4 nitrogen and oxygen atoms in total. The van der Waals surface area contributed by atoms with Crippen molar-refractivity contribution in [3.05, 3.63) is 34.3 Å². The maximum atomic E-state index is 12.0. The third-order valence-corrected chi connectivity index (χ3v) is 3.17. The van der Waals surface area contributed by atoms with Crippen molar-refractivity contribution in [1.29, 1.82) is 0 Å². The minimum Gasteiger partial charge on any atom is -0.406 e. The summed E-state index contributed by atoms with van der Waals surface area (Å²) in [6.07, 6.45) is 0.345. The first kappa shape index (κ1) is 13.0. The van der Waals surface area contributed by atoms with Crippen molar-refractivity contribution in [3.63, 3.8) is 0 Å². The van der Waals surface area contributed by atoms with E-state index in [4.69, 9.17) is 4.74 Å². The summed E-state index contributed by atoms with van der Waals surface area (Å²) in [5.41, 5.74) is 0.0394. The second kappa shape index (κ2) is 4.31. The van der Waals surface area contributed by atoms with Crippen molar-refractivity contribution in [2.75, 3.05) is 0 Å². The van der Waals surface area contributed by atoms with Gasteiger partial charge in [0.1, 0.15) is 17.1 Å². The van der Waals surface area contributed by atoms with Gasteiger partial charge in [0.05, 0.1) is 0 Å². The van der Waals surface area contributed by atoms with E-state index in [0.717, 1.165) is 16.9 Å². The zero-order chi connectivity index (χ0) is 13.5. The predicted octanol–water partition coefficient (Wildman–Crippen LogP) is 1.40. The number of amides is 1. The summed E-state index contributed by atoms with van der Waals surface area (Å²) in [4.78, 5) is 22.6. The Kier molecular flexibility index (Phi) is 3.11. The predicted molar refractivity (Wildman–Crippen MR) is 70.9 cm³/mol. The van der Waals surface area contributed by atoms with Crippen molar-refractivity contribution >= 4 is 32.9 Å². The molecule has 2 rings (SSSR count). The quantitative estimate of drug-likeness (QED) is 0.447. The zero-order valence-electron chi connectivity index (χ0n) is 10.4. The second-order valence-corrected chi connectivity index (χ2v) is 5.75. The number of fused-ring (bicyclic) bond motifs is 1. The minimum absolute atomic E-state index is 0.430. The number of aldehydes is 1. The van der Waals surface area contributed by atoms with Gasteiger partial charge in [-0.2, -0.15) is 4.79 Å². The highest BCUT2D eigenvalue weighted by Gasteiger charge is 2.36. The van der Waals surface area contributed by atoms with Crippen LogP contribution in [0.2, 0.25) is 0 Å². The Balaban J connectivity index is 2.43. The van der Waals surface area contributed by atoms with Crippen LogP contribution in [0, 0.1) is 0 Å². The van der Waals surface area contributed by atoms with Crippen LogP contribution >= 0.6 is 15.9 Å². The molecule has 0 atom stereocenters. The van der Waals surface area contributed by atoms with E-state index in [1.54, 1.807) is 18.2 Å². The first-order valence-corrected chi connectivity index (χ1v) is 6.28. The van der Waals surface area contributed by atoms with E-state index >= 15 is 0 Å². The Morgan fingerprint density at radius 1 is 1.39 bits per heavy atom. The molecule has 0 saturated carbocycles. The average molecular weight is 311 g/mol. The molecule has 0 aliphatic carbocycles. The molecular formula is C13H13BrNO3+. The number of ether oxygens (including phenoxy) is 1. The van der Waals surface area contributed by atoms with Gasteiger partial charge in [0.25, 0.3) is 4.61 Å². The fourth-order valence-corrected chi connectivity index (χ4v) is 2.30. The Hall–Kier alpha value is -1.49. The largest absolute Gasteiger partial charge is 0.604 e. The van der Waals surface area contributed by atoms with Gasteiger partial charge in [0.2, 0.25) is 5.36 Å². The summed E-state index contributed by atoms with van der Waals surface area (Å²) in [7, 11) is 0. The summed E-state index contributed by atoms with van der Waals surface area (Å²) >= 11 is 3.32. The van der Waals surface area contributed by atoms with E-state index < -0.39 is 11.7 Å². The maximum Gasteiger partial charge on any atom is 0.604 e. The fourth-order valence-electron chi connectivity index (χ4n) is 1.65. The van der Waals surface area contributed by atoms with Gasteiger partial charge in [-0.25, -0.2) is 0 Å². The number of carbonyl (C=O) groups excluding carboxylic acids is 2. The van der Waals surface area contributed by atoms with Crippen LogP contribution in [0.15, 0.2) is 18.2 Å². The number of nitrogens with zero attached hydrogens (tertiary/aromatic N) is 1. The lowest BCUT2D eigenvalue weighted by Gasteiger charge is -2.17. The molecule has 5 heteroatoms. The van der Waals surface area contributed by atoms with Crippen molar-refractivity contribution < 1.29 is 14.3 Å². The summed E-state index contributed by atoms with van der Waals surface area (Å²) in [5.74, 6) is 0. The third kappa shape index (κ3) is 2.22. The van der Waals surface area contributed by atoms with Crippen molar-refractivity contribution in [2.24, 2.45) is 0 Å². The molecule has 1 aromatic carbocycles. The number of hydrogen-bond donors (Lipinski definition) is 0. The Bertz CT molecular complexity index is 656.